The summed E-state index contributed by atoms with van der Waals surface area (Å²) in [5.41, 5.74) is 2.88. The zero-order chi connectivity index (χ0) is 14.1. The van der Waals surface area contributed by atoms with E-state index in [9.17, 15) is 4.79 Å². The first kappa shape index (κ1) is 14.1. The lowest BCUT2D eigenvalue weighted by molar-refractivity contribution is -0.122. The highest BCUT2D eigenvalue weighted by Gasteiger charge is 2.56. The molecule has 20 heavy (non-hydrogen) atoms. The fourth-order valence-corrected chi connectivity index (χ4v) is 3.83. The number of alkyl halides is 1. The van der Waals surface area contributed by atoms with Crippen molar-refractivity contribution in [2.24, 2.45) is 11.8 Å². The lowest BCUT2D eigenvalue weighted by Gasteiger charge is -2.13. The van der Waals surface area contributed by atoms with Crippen molar-refractivity contribution < 1.29 is 4.79 Å². The monoisotopic (exact) mass is 335 g/mol. The molecule has 0 bridgehead atoms. The molecule has 1 N–H and O–H groups in total. The summed E-state index contributed by atoms with van der Waals surface area (Å²) in [7, 11) is 0. The normalized spacial score (nSPS) is 28.2. The minimum Gasteiger partial charge on any atom is -0.356 e. The second-order valence-corrected chi connectivity index (χ2v) is 7.33. The van der Waals surface area contributed by atoms with E-state index in [1.165, 1.54) is 17.5 Å². The number of hydrogen-bond donors (Lipinski definition) is 1. The van der Waals surface area contributed by atoms with E-state index in [2.05, 4.69) is 52.4 Å². The SMILES string of the molecule is CCC(Br)CCNC(=O)C1C2CCc3ccccc3C21. The molecule has 3 rings (SSSR count). The largest absolute Gasteiger partial charge is 0.356 e. The van der Waals surface area contributed by atoms with Gasteiger partial charge in [0.2, 0.25) is 5.91 Å². The van der Waals surface area contributed by atoms with Gasteiger partial charge in [0.05, 0.1) is 0 Å². The van der Waals surface area contributed by atoms with Gasteiger partial charge in [-0.25, -0.2) is 0 Å². The number of fused-ring (bicyclic) bond motifs is 3. The molecular weight excluding hydrogens is 314 g/mol. The fraction of sp³-hybridized carbons (Fsp3) is 0.588. The van der Waals surface area contributed by atoms with E-state index in [1.807, 2.05) is 0 Å². The van der Waals surface area contributed by atoms with Gasteiger partial charge in [-0.05, 0) is 48.6 Å². The highest BCUT2D eigenvalue weighted by atomic mass is 79.9. The minimum atomic E-state index is 0.231. The predicted octanol–water partition coefficient (Wildman–Crippen LogP) is 3.64. The maximum absolute atomic E-state index is 12.3. The minimum absolute atomic E-state index is 0.231. The van der Waals surface area contributed by atoms with Gasteiger partial charge in [0.15, 0.2) is 0 Å². The maximum Gasteiger partial charge on any atom is 0.224 e. The molecule has 4 unspecified atom stereocenters. The van der Waals surface area contributed by atoms with Crippen molar-refractivity contribution in [3.8, 4) is 0 Å². The number of halogens is 1. The van der Waals surface area contributed by atoms with Gasteiger partial charge in [-0.3, -0.25) is 4.79 Å². The van der Waals surface area contributed by atoms with Crippen LogP contribution in [0.25, 0.3) is 0 Å². The van der Waals surface area contributed by atoms with Gasteiger partial charge < -0.3 is 5.32 Å². The Hall–Kier alpha value is -0.830. The molecule has 2 nitrogen and oxygen atoms in total. The van der Waals surface area contributed by atoms with Crippen LogP contribution in [0.1, 0.15) is 43.2 Å². The highest BCUT2D eigenvalue weighted by Crippen LogP contribution is 2.59. The summed E-state index contributed by atoms with van der Waals surface area (Å²) in [4.78, 5) is 12.8. The first-order valence-corrected chi connectivity index (χ1v) is 8.63. The van der Waals surface area contributed by atoms with Crippen LogP contribution >= 0.6 is 15.9 Å². The fourth-order valence-electron chi connectivity index (χ4n) is 3.60. The number of rotatable bonds is 5. The number of nitrogens with one attached hydrogen (secondary N) is 1. The van der Waals surface area contributed by atoms with Crippen molar-refractivity contribution in [1.82, 2.24) is 5.32 Å². The number of carbonyl (C=O) groups is 1. The first-order valence-electron chi connectivity index (χ1n) is 7.72. The molecule has 0 heterocycles. The Labute approximate surface area is 129 Å². The Morgan fingerprint density at radius 2 is 2.25 bits per heavy atom. The zero-order valence-electron chi connectivity index (χ0n) is 11.9. The molecule has 0 saturated heterocycles. The summed E-state index contributed by atoms with van der Waals surface area (Å²) in [5.74, 6) is 1.59. The lowest BCUT2D eigenvalue weighted by Crippen LogP contribution is -2.28. The molecule has 1 aromatic carbocycles. The molecule has 1 aromatic rings. The number of benzene rings is 1. The summed E-state index contributed by atoms with van der Waals surface area (Å²) in [6.07, 6.45) is 4.44. The van der Waals surface area contributed by atoms with Gasteiger partial charge in [-0.2, -0.15) is 0 Å². The van der Waals surface area contributed by atoms with E-state index in [-0.39, 0.29) is 11.8 Å². The molecule has 1 fully saturated rings. The summed E-state index contributed by atoms with van der Waals surface area (Å²) in [5, 5.41) is 3.13. The van der Waals surface area contributed by atoms with Crippen LogP contribution < -0.4 is 5.32 Å². The van der Waals surface area contributed by atoms with Gasteiger partial charge in [0.1, 0.15) is 0 Å². The lowest BCUT2D eigenvalue weighted by atomic mass is 9.92. The van der Waals surface area contributed by atoms with Crippen molar-refractivity contribution in [2.75, 3.05) is 6.54 Å². The standard InChI is InChI=1S/C17H22BrNO/c1-2-12(18)9-10-19-17(20)16-14-8-7-11-5-3-4-6-13(11)15(14)16/h3-6,12,14-16H,2,7-10H2,1H3,(H,19,20). The van der Waals surface area contributed by atoms with Crippen LogP contribution in [0.2, 0.25) is 0 Å². The van der Waals surface area contributed by atoms with Gasteiger partial charge in [-0.15, -0.1) is 0 Å². The third kappa shape index (κ3) is 2.65. The molecule has 0 aromatic heterocycles. The quantitative estimate of drug-likeness (QED) is 0.817. The predicted molar refractivity (Wildman–Crippen MR) is 85.1 cm³/mol. The van der Waals surface area contributed by atoms with Crippen LogP contribution in [0.4, 0.5) is 0 Å². The number of aryl methyl sites for hydroxylation is 1. The molecule has 0 aliphatic heterocycles. The Balaban J connectivity index is 1.57. The topological polar surface area (TPSA) is 29.1 Å². The van der Waals surface area contributed by atoms with Crippen molar-refractivity contribution in [3.05, 3.63) is 35.4 Å². The van der Waals surface area contributed by atoms with E-state index in [1.54, 1.807) is 0 Å². The summed E-state index contributed by atoms with van der Waals surface area (Å²) < 4.78 is 0. The van der Waals surface area contributed by atoms with Crippen LogP contribution in [0, 0.1) is 11.8 Å². The van der Waals surface area contributed by atoms with E-state index in [0.29, 0.717) is 16.7 Å². The smallest absolute Gasteiger partial charge is 0.224 e. The molecule has 0 spiro atoms. The van der Waals surface area contributed by atoms with Crippen molar-refractivity contribution in [3.63, 3.8) is 0 Å². The van der Waals surface area contributed by atoms with Gasteiger partial charge in [-0.1, -0.05) is 47.1 Å². The van der Waals surface area contributed by atoms with Gasteiger partial charge in [0.25, 0.3) is 0 Å². The number of hydrogen-bond acceptors (Lipinski definition) is 1. The molecular formula is C17H22BrNO. The first-order chi connectivity index (χ1) is 9.72. The Bertz CT molecular complexity index is 502. The Morgan fingerprint density at radius 1 is 1.45 bits per heavy atom. The van der Waals surface area contributed by atoms with Crippen molar-refractivity contribution in [2.45, 2.75) is 43.4 Å². The van der Waals surface area contributed by atoms with Crippen molar-refractivity contribution in [1.29, 1.82) is 0 Å². The van der Waals surface area contributed by atoms with Gasteiger partial charge >= 0.3 is 0 Å². The highest BCUT2D eigenvalue weighted by molar-refractivity contribution is 9.09. The van der Waals surface area contributed by atoms with E-state index in [0.717, 1.165) is 25.8 Å². The van der Waals surface area contributed by atoms with Crippen LogP contribution in [-0.4, -0.2) is 17.3 Å². The van der Waals surface area contributed by atoms with E-state index >= 15 is 0 Å². The van der Waals surface area contributed by atoms with Crippen LogP contribution in [0.5, 0.6) is 0 Å². The van der Waals surface area contributed by atoms with E-state index in [4.69, 9.17) is 0 Å². The molecule has 2 aliphatic rings. The molecule has 0 radical (unpaired) electrons. The number of carbonyl (C=O) groups excluding carboxylic acids is 1. The molecule has 1 amide bonds. The van der Waals surface area contributed by atoms with Crippen LogP contribution in [-0.2, 0) is 11.2 Å². The van der Waals surface area contributed by atoms with E-state index < -0.39 is 0 Å². The second kappa shape index (κ2) is 5.88. The second-order valence-electron chi connectivity index (χ2n) is 6.04. The van der Waals surface area contributed by atoms with Crippen LogP contribution in [0.15, 0.2) is 24.3 Å². The average molecular weight is 336 g/mol. The molecule has 2 aliphatic carbocycles. The third-order valence-electron chi connectivity index (χ3n) is 4.83. The van der Waals surface area contributed by atoms with Crippen LogP contribution in [0.3, 0.4) is 0 Å². The zero-order valence-corrected chi connectivity index (χ0v) is 13.5. The molecule has 4 atom stereocenters. The van der Waals surface area contributed by atoms with Crippen molar-refractivity contribution >= 4 is 21.8 Å². The number of amides is 1. The Morgan fingerprint density at radius 3 is 3.05 bits per heavy atom. The molecule has 108 valence electrons. The van der Waals surface area contributed by atoms with Gasteiger partial charge in [0, 0.05) is 17.3 Å². The third-order valence-corrected chi connectivity index (χ3v) is 5.94. The summed E-state index contributed by atoms with van der Waals surface area (Å²) >= 11 is 3.61. The molecule has 3 heteroatoms. The summed E-state index contributed by atoms with van der Waals surface area (Å²) in [6, 6.07) is 8.64. The maximum atomic E-state index is 12.3. The summed E-state index contributed by atoms with van der Waals surface area (Å²) in [6.45, 7) is 2.95. The Kier molecular flexibility index (Phi) is 4.16. The average Bonchev–Trinajstić information content (AvgIpc) is 3.22. The molecule has 1 saturated carbocycles.